The summed E-state index contributed by atoms with van der Waals surface area (Å²) < 4.78 is 5.02. The molecule has 62 valence electrons. The molecule has 1 amide bonds. The third-order valence-corrected chi connectivity index (χ3v) is 2.51. The van der Waals surface area contributed by atoms with E-state index in [1.165, 1.54) is 4.90 Å². The second-order valence-electron chi connectivity index (χ2n) is 3.25. The number of ether oxygens (including phenoxy) is 1. The first-order valence-corrected chi connectivity index (χ1v) is 3.83. The summed E-state index contributed by atoms with van der Waals surface area (Å²) in [6.45, 7) is 3.09. The molecule has 0 aromatic rings. The van der Waals surface area contributed by atoms with Crippen LogP contribution in [0.5, 0.6) is 0 Å². The Morgan fingerprint density at radius 3 is 2.36 bits per heavy atom. The molecular formula is C7H11NO3. The van der Waals surface area contributed by atoms with Crippen LogP contribution < -0.4 is 0 Å². The van der Waals surface area contributed by atoms with Crippen LogP contribution in [0.4, 0.5) is 4.79 Å². The molecule has 11 heavy (non-hydrogen) atoms. The molecule has 0 atom stereocenters. The van der Waals surface area contributed by atoms with E-state index in [-0.39, 0.29) is 0 Å². The molecule has 0 saturated carbocycles. The van der Waals surface area contributed by atoms with Crippen molar-refractivity contribution in [3.05, 3.63) is 0 Å². The number of carbonyl (C=O) groups is 1. The average molecular weight is 157 g/mol. The second-order valence-corrected chi connectivity index (χ2v) is 3.25. The SMILES string of the molecule is O=C(O)N1CC(C2COC2)C1. The second kappa shape index (κ2) is 2.37. The van der Waals surface area contributed by atoms with E-state index in [0.29, 0.717) is 24.9 Å². The molecule has 0 radical (unpaired) electrons. The van der Waals surface area contributed by atoms with Gasteiger partial charge < -0.3 is 14.7 Å². The van der Waals surface area contributed by atoms with E-state index in [2.05, 4.69) is 0 Å². The Bertz CT molecular complexity index is 173. The topological polar surface area (TPSA) is 49.8 Å². The summed E-state index contributed by atoms with van der Waals surface area (Å²) in [5, 5.41) is 8.52. The van der Waals surface area contributed by atoms with Crippen LogP contribution in [0.2, 0.25) is 0 Å². The predicted molar refractivity (Wildman–Crippen MR) is 37.4 cm³/mol. The van der Waals surface area contributed by atoms with Gasteiger partial charge in [-0.15, -0.1) is 0 Å². The van der Waals surface area contributed by atoms with Crippen molar-refractivity contribution in [3.8, 4) is 0 Å². The lowest BCUT2D eigenvalue weighted by Gasteiger charge is -2.44. The number of rotatable bonds is 1. The van der Waals surface area contributed by atoms with Gasteiger partial charge in [-0.3, -0.25) is 0 Å². The number of carboxylic acid groups (broad SMARTS) is 1. The minimum atomic E-state index is -0.790. The molecule has 1 N–H and O–H groups in total. The van der Waals surface area contributed by atoms with Crippen LogP contribution in [0.1, 0.15) is 0 Å². The van der Waals surface area contributed by atoms with Gasteiger partial charge >= 0.3 is 6.09 Å². The average Bonchev–Trinajstić information content (AvgIpc) is 1.70. The van der Waals surface area contributed by atoms with Crippen molar-refractivity contribution < 1.29 is 14.6 Å². The third kappa shape index (κ3) is 1.07. The van der Waals surface area contributed by atoms with Gasteiger partial charge in [0.05, 0.1) is 13.2 Å². The maximum atomic E-state index is 10.4. The highest BCUT2D eigenvalue weighted by molar-refractivity contribution is 5.66. The summed E-state index contributed by atoms with van der Waals surface area (Å²) in [7, 11) is 0. The summed E-state index contributed by atoms with van der Waals surface area (Å²) in [4.78, 5) is 11.8. The van der Waals surface area contributed by atoms with Gasteiger partial charge in [0.2, 0.25) is 0 Å². The van der Waals surface area contributed by atoms with Crippen molar-refractivity contribution >= 4 is 6.09 Å². The first-order chi connectivity index (χ1) is 5.27. The Morgan fingerprint density at radius 2 is 2.00 bits per heavy atom. The number of likely N-dealkylation sites (tertiary alicyclic amines) is 1. The minimum absolute atomic E-state index is 0.569. The smallest absolute Gasteiger partial charge is 0.407 e. The van der Waals surface area contributed by atoms with Crippen molar-refractivity contribution in [1.82, 2.24) is 4.90 Å². The van der Waals surface area contributed by atoms with Crippen molar-refractivity contribution in [2.24, 2.45) is 11.8 Å². The molecule has 2 heterocycles. The van der Waals surface area contributed by atoms with Gasteiger partial charge in [0.15, 0.2) is 0 Å². The van der Waals surface area contributed by atoms with Gasteiger partial charge in [0.25, 0.3) is 0 Å². The first-order valence-electron chi connectivity index (χ1n) is 3.83. The van der Waals surface area contributed by atoms with Crippen LogP contribution >= 0.6 is 0 Å². The maximum Gasteiger partial charge on any atom is 0.407 e. The Kier molecular flexibility index (Phi) is 1.49. The van der Waals surface area contributed by atoms with E-state index in [0.717, 1.165) is 13.2 Å². The molecule has 0 aliphatic carbocycles. The van der Waals surface area contributed by atoms with Crippen molar-refractivity contribution in [3.63, 3.8) is 0 Å². The fourth-order valence-corrected chi connectivity index (χ4v) is 1.49. The van der Waals surface area contributed by atoms with Crippen LogP contribution in [0.25, 0.3) is 0 Å². The van der Waals surface area contributed by atoms with Gasteiger partial charge in [0.1, 0.15) is 0 Å². The normalized spacial score (nSPS) is 26.0. The van der Waals surface area contributed by atoms with E-state index in [1.54, 1.807) is 0 Å². The summed E-state index contributed by atoms with van der Waals surface area (Å²) in [5.41, 5.74) is 0. The fourth-order valence-electron chi connectivity index (χ4n) is 1.49. The van der Waals surface area contributed by atoms with E-state index >= 15 is 0 Å². The number of nitrogens with zero attached hydrogens (tertiary/aromatic N) is 1. The first kappa shape index (κ1) is 6.91. The lowest BCUT2D eigenvalue weighted by molar-refractivity contribution is -0.0924. The molecule has 0 spiro atoms. The zero-order valence-corrected chi connectivity index (χ0v) is 6.19. The third-order valence-electron chi connectivity index (χ3n) is 2.51. The molecule has 2 aliphatic heterocycles. The van der Waals surface area contributed by atoms with Crippen molar-refractivity contribution in [1.29, 1.82) is 0 Å². The maximum absolute atomic E-state index is 10.4. The fraction of sp³-hybridized carbons (Fsp3) is 0.857. The minimum Gasteiger partial charge on any atom is -0.465 e. The van der Waals surface area contributed by atoms with E-state index in [1.807, 2.05) is 0 Å². The van der Waals surface area contributed by atoms with Gasteiger partial charge in [-0.05, 0) is 0 Å². The van der Waals surface area contributed by atoms with Crippen LogP contribution in [0.15, 0.2) is 0 Å². The summed E-state index contributed by atoms with van der Waals surface area (Å²) in [6.07, 6.45) is -0.790. The highest BCUT2D eigenvalue weighted by Gasteiger charge is 2.39. The Balaban J connectivity index is 1.74. The van der Waals surface area contributed by atoms with Crippen molar-refractivity contribution in [2.45, 2.75) is 0 Å². The lowest BCUT2D eigenvalue weighted by Crippen LogP contribution is -2.55. The summed E-state index contributed by atoms with van der Waals surface area (Å²) in [5.74, 6) is 1.20. The van der Waals surface area contributed by atoms with E-state index in [9.17, 15) is 4.79 Å². The predicted octanol–water partition coefficient (Wildman–Crippen LogP) is 0.243. The lowest BCUT2D eigenvalue weighted by atomic mass is 9.85. The molecule has 0 aromatic heterocycles. The Labute approximate surface area is 64.7 Å². The largest absolute Gasteiger partial charge is 0.465 e. The number of hydrogen-bond donors (Lipinski definition) is 1. The van der Waals surface area contributed by atoms with Crippen LogP contribution in [-0.4, -0.2) is 42.4 Å². The van der Waals surface area contributed by atoms with Gasteiger partial charge in [-0.2, -0.15) is 0 Å². The zero-order chi connectivity index (χ0) is 7.84. The molecule has 4 nitrogen and oxygen atoms in total. The van der Waals surface area contributed by atoms with Gasteiger partial charge in [0, 0.05) is 24.9 Å². The van der Waals surface area contributed by atoms with Gasteiger partial charge in [-0.25, -0.2) is 4.79 Å². The Morgan fingerprint density at radius 1 is 1.36 bits per heavy atom. The number of hydrogen-bond acceptors (Lipinski definition) is 2. The molecule has 4 heteroatoms. The van der Waals surface area contributed by atoms with E-state index in [4.69, 9.17) is 9.84 Å². The molecule has 2 rings (SSSR count). The molecule has 2 saturated heterocycles. The molecule has 2 fully saturated rings. The van der Waals surface area contributed by atoms with Gasteiger partial charge in [-0.1, -0.05) is 0 Å². The zero-order valence-electron chi connectivity index (χ0n) is 6.19. The van der Waals surface area contributed by atoms with Crippen LogP contribution in [0, 0.1) is 11.8 Å². The Hall–Kier alpha value is -0.770. The number of amides is 1. The molecule has 0 aromatic carbocycles. The highest BCUT2D eigenvalue weighted by atomic mass is 16.5. The quantitative estimate of drug-likeness (QED) is 0.593. The molecule has 0 bridgehead atoms. The molecular weight excluding hydrogens is 146 g/mol. The monoisotopic (exact) mass is 157 g/mol. The molecule has 2 aliphatic rings. The summed E-state index contributed by atoms with van der Waals surface area (Å²) >= 11 is 0. The highest BCUT2D eigenvalue weighted by Crippen LogP contribution is 2.28. The van der Waals surface area contributed by atoms with Crippen LogP contribution in [0.3, 0.4) is 0 Å². The van der Waals surface area contributed by atoms with Crippen LogP contribution in [-0.2, 0) is 4.74 Å². The standard InChI is InChI=1S/C7H11NO3/c9-7(10)8-1-5(2-8)6-3-11-4-6/h5-6H,1-4H2,(H,9,10). The van der Waals surface area contributed by atoms with E-state index < -0.39 is 6.09 Å². The summed E-state index contributed by atoms with van der Waals surface area (Å²) in [6, 6.07) is 0. The van der Waals surface area contributed by atoms with Crippen molar-refractivity contribution in [2.75, 3.05) is 26.3 Å². The molecule has 0 unspecified atom stereocenters.